The van der Waals surface area contributed by atoms with Crippen LogP contribution in [0.25, 0.3) is 0 Å². The van der Waals surface area contributed by atoms with E-state index in [0.29, 0.717) is 13.1 Å². The molecule has 0 rings (SSSR count). The highest BCUT2D eigenvalue weighted by atomic mass is 32.2. The van der Waals surface area contributed by atoms with Gasteiger partial charge in [-0.1, -0.05) is 32.5 Å². The normalized spacial score (nSPS) is 12.9. The number of Topliss-reactive ketones (excluding diaryl/α,β-unsaturated/α-hetero) is 1. The highest BCUT2D eigenvalue weighted by molar-refractivity contribution is 8.14. The van der Waals surface area contributed by atoms with Crippen LogP contribution in [0.4, 0.5) is 0 Å². The quantitative estimate of drug-likeness (QED) is 0.314. The van der Waals surface area contributed by atoms with Crippen LogP contribution in [0, 0.1) is 5.92 Å². The van der Waals surface area contributed by atoms with Crippen molar-refractivity contribution in [2.24, 2.45) is 5.92 Å². The third-order valence-electron chi connectivity index (χ3n) is 3.76. The van der Waals surface area contributed by atoms with E-state index in [-0.39, 0.29) is 24.3 Å². The zero-order valence-electron chi connectivity index (χ0n) is 16.9. The van der Waals surface area contributed by atoms with Crippen LogP contribution in [-0.2, 0) is 28.7 Å². The minimum Gasteiger partial charge on any atom is -0.460 e. The van der Waals surface area contributed by atoms with Gasteiger partial charge in [-0.15, -0.1) is 0 Å². The van der Waals surface area contributed by atoms with Crippen LogP contribution in [0.1, 0.15) is 48.0 Å². The number of hydrogen-bond acceptors (Lipinski definition) is 7. The van der Waals surface area contributed by atoms with Gasteiger partial charge in [0.25, 0.3) is 0 Å². The first-order chi connectivity index (χ1) is 12.6. The van der Waals surface area contributed by atoms with Crippen molar-refractivity contribution in [1.82, 2.24) is 10.2 Å². The zero-order valence-corrected chi connectivity index (χ0v) is 17.7. The van der Waals surface area contributed by atoms with Gasteiger partial charge < -0.3 is 15.0 Å². The molecule has 9 heteroatoms. The molecule has 154 valence electrons. The van der Waals surface area contributed by atoms with Gasteiger partial charge in [0.1, 0.15) is 6.04 Å². The second kappa shape index (κ2) is 12.5. The first kappa shape index (κ1) is 25.1. The fraction of sp³-hybridized carbons (Fsp3) is 0.722. The summed E-state index contributed by atoms with van der Waals surface area (Å²) in [5.74, 6) is -2.90. The van der Waals surface area contributed by atoms with Gasteiger partial charge in [-0.25, -0.2) is 4.79 Å². The number of nitrogens with zero attached hydrogens (tertiary/aromatic N) is 1. The Kier molecular flexibility index (Phi) is 11.6. The summed E-state index contributed by atoms with van der Waals surface area (Å²) in [4.78, 5) is 61.5. The molecule has 2 unspecified atom stereocenters. The average molecular weight is 403 g/mol. The summed E-state index contributed by atoms with van der Waals surface area (Å²) in [6, 6.07) is -0.911. The van der Waals surface area contributed by atoms with Gasteiger partial charge in [0.05, 0.1) is 13.0 Å². The predicted molar refractivity (Wildman–Crippen MR) is 103 cm³/mol. The Morgan fingerprint density at radius 3 is 2.00 bits per heavy atom. The lowest BCUT2D eigenvalue weighted by molar-refractivity contribution is -0.154. The largest absolute Gasteiger partial charge is 0.460 e. The van der Waals surface area contributed by atoms with Crippen molar-refractivity contribution in [1.29, 1.82) is 0 Å². The molecule has 0 aromatic carbocycles. The monoisotopic (exact) mass is 402 g/mol. The Bertz CT molecular complexity index is 560. The van der Waals surface area contributed by atoms with Crippen LogP contribution in [0.2, 0.25) is 0 Å². The minimum absolute atomic E-state index is 0.0456. The maximum Gasteiger partial charge on any atom is 0.375 e. The van der Waals surface area contributed by atoms with Crippen molar-refractivity contribution in [3.63, 3.8) is 0 Å². The van der Waals surface area contributed by atoms with Crippen LogP contribution in [0.5, 0.6) is 0 Å². The second-order valence-corrected chi connectivity index (χ2v) is 7.60. The smallest absolute Gasteiger partial charge is 0.375 e. The van der Waals surface area contributed by atoms with E-state index in [1.54, 1.807) is 32.6 Å². The van der Waals surface area contributed by atoms with Gasteiger partial charge in [0.15, 0.2) is 5.12 Å². The van der Waals surface area contributed by atoms with E-state index in [9.17, 15) is 24.0 Å². The molecular weight excluding hydrogens is 372 g/mol. The van der Waals surface area contributed by atoms with Crippen molar-refractivity contribution in [3.8, 4) is 0 Å². The van der Waals surface area contributed by atoms with E-state index in [4.69, 9.17) is 0 Å². The van der Waals surface area contributed by atoms with Crippen LogP contribution in [-0.4, -0.2) is 64.6 Å². The number of esters is 1. The number of amides is 2. The molecular formula is C18H30N2O6S. The number of carbonyl (C=O) groups is 5. The summed E-state index contributed by atoms with van der Waals surface area (Å²) in [6.07, 6.45) is -0.613. The van der Waals surface area contributed by atoms with E-state index in [0.717, 1.165) is 11.8 Å². The Balaban J connectivity index is 5.16. The molecule has 0 aromatic heterocycles. The number of rotatable bonds is 11. The molecule has 0 aliphatic heterocycles. The van der Waals surface area contributed by atoms with Gasteiger partial charge in [-0.05, 0) is 20.8 Å². The Labute approximate surface area is 164 Å². The van der Waals surface area contributed by atoms with Gasteiger partial charge in [0.2, 0.25) is 17.6 Å². The number of hydrogen-bond donors (Lipinski definition) is 1. The Morgan fingerprint density at radius 1 is 1.00 bits per heavy atom. The van der Waals surface area contributed by atoms with E-state index < -0.39 is 34.6 Å². The van der Waals surface area contributed by atoms with Crippen LogP contribution in [0.3, 0.4) is 0 Å². The van der Waals surface area contributed by atoms with E-state index >= 15 is 0 Å². The van der Waals surface area contributed by atoms with Crippen molar-refractivity contribution in [2.45, 2.75) is 59.3 Å². The summed E-state index contributed by atoms with van der Waals surface area (Å²) < 4.78 is 4.57. The molecule has 0 radical (unpaired) electrons. The summed E-state index contributed by atoms with van der Waals surface area (Å²) in [5, 5.41) is 1.52. The van der Waals surface area contributed by atoms with E-state index in [1.165, 1.54) is 0 Å². The Hall–Kier alpha value is -1.90. The average Bonchev–Trinajstić information content (AvgIpc) is 2.59. The molecule has 1 N–H and O–H groups in total. The summed E-state index contributed by atoms with van der Waals surface area (Å²) >= 11 is 0.762. The summed E-state index contributed by atoms with van der Waals surface area (Å²) in [5.41, 5.74) is 0. The second-order valence-electron chi connectivity index (χ2n) is 6.17. The molecule has 0 aliphatic carbocycles. The number of nitrogens with one attached hydrogen (secondary N) is 1. The summed E-state index contributed by atoms with van der Waals surface area (Å²) in [7, 11) is 0. The lowest BCUT2D eigenvalue weighted by Gasteiger charge is -2.29. The molecule has 0 aromatic rings. The topological polar surface area (TPSA) is 110 Å². The van der Waals surface area contributed by atoms with Crippen molar-refractivity contribution < 1.29 is 28.7 Å². The first-order valence-corrected chi connectivity index (χ1v) is 9.95. The molecule has 0 saturated heterocycles. The number of carbonyl (C=O) groups excluding carboxylic acids is 5. The van der Waals surface area contributed by atoms with Crippen LogP contribution >= 0.6 is 11.8 Å². The molecule has 0 aliphatic rings. The fourth-order valence-electron chi connectivity index (χ4n) is 2.16. The maximum atomic E-state index is 12.7. The van der Waals surface area contributed by atoms with Crippen molar-refractivity contribution in [3.05, 3.63) is 0 Å². The fourth-order valence-corrected chi connectivity index (χ4v) is 3.11. The zero-order chi connectivity index (χ0) is 21.1. The summed E-state index contributed by atoms with van der Waals surface area (Å²) in [6.45, 7) is 11.2. The molecule has 8 nitrogen and oxygen atoms in total. The number of ketones is 1. The third kappa shape index (κ3) is 8.55. The van der Waals surface area contributed by atoms with Gasteiger partial charge in [-0.2, -0.15) is 0 Å². The molecule has 0 bridgehead atoms. The SMILES string of the molecule is CCOC(=O)C(=O)CC(=O)SC(C)C(NC(=O)C(C)C)C(=O)N(CC)CC. The number of thioether (sulfide) groups is 1. The predicted octanol–water partition coefficient (Wildman–Crippen LogP) is 1.17. The lowest BCUT2D eigenvalue weighted by Crippen LogP contribution is -2.53. The molecule has 2 amide bonds. The van der Waals surface area contributed by atoms with Gasteiger partial charge in [0, 0.05) is 24.3 Å². The highest BCUT2D eigenvalue weighted by Gasteiger charge is 2.33. The van der Waals surface area contributed by atoms with E-state index in [1.807, 2.05) is 13.8 Å². The molecule has 27 heavy (non-hydrogen) atoms. The molecule has 0 fully saturated rings. The molecule has 0 saturated carbocycles. The Morgan fingerprint density at radius 2 is 1.56 bits per heavy atom. The highest BCUT2D eigenvalue weighted by Crippen LogP contribution is 2.20. The standard InChI is InChI=1S/C18H30N2O6S/c1-7-20(8-2)17(24)15(19-16(23)11(4)5)12(6)27-14(22)10-13(21)18(25)26-9-3/h11-12,15H,7-10H2,1-6H3,(H,19,23). The van der Waals surface area contributed by atoms with Gasteiger partial charge in [-0.3, -0.25) is 19.2 Å². The van der Waals surface area contributed by atoms with Crippen molar-refractivity contribution in [2.75, 3.05) is 19.7 Å². The first-order valence-electron chi connectivity index (χ1n) is 9.07. The molecule has 0 spiro atoms. The third-order valence-corrected chi connectivity index (χ3v) is 4.81. The minimum atomic E-state index is -1.05. The van der Waals surface area contributed by atoms with Crippen LogP contribution in [0.15, 0.2) is 0 Å². The number of likely N-dealkylation sites (N-methyl/N-ethyl adjacent to an activating group) is 1. The van der Waals surface area contributed by atoms with Crippen molar-refractivity contribution >= 4 is 40.4 Å². The molecule has 0 heterocycles. The number of ether oxygens (including phenoxy) is 1. The van der Waals surface area contributed by atoms with Crippen LogP contribution < -0.4 is 5.32 Å². The van der Waals surface area contributed by atoms with Gasteiger partial charge >= 0.3 is 5.97 Å². The molecule has 2 atom stereocenters. The lowest BCUT2D eigenvalue weighted by atomic mass is 10.1. The maximum absolute atomic E-state index is 12.7. The van der Waals surface area contributed by atoms with E-state index in [2.05, 4.69) is 10.1 Å².